The second kappa shape index (κ2) is 4.61. The lowest BCUT2D eigenvalue weighted by Crippen LogP contribution is -2.31. The van der Waals surface area contributed by atoms with Gasteiger partial charge in [-0.15, -0.1) is 0 Å². The van der Waals surface area contributed by atoms with E-state index in [9.17, 15) is 4.79 Å². The first-order valence-electron chi connectivity index (χ1n) is 6.08. The van der Waals surface area contributed by atoms with Crippen molar-refractivity contribution in [3.63, 3.8) is 0 Å². The second-order valence-electron chi connectivity index (χ2n) is 4.14. The highest BCUT2D eigenvalue weighted by atomic mass is 16.3. The molecule has 2 heterocycles. The lowest BCUT2D eigenvalue weighted by Gasteiger charge is -2.16. The Hall–Kier alpha value is -2.56. The molecule has 19 heavy (non-hydrogen) atoms. The zero-order valence-corrected chi connectivity index (χ0v) is 10.5. The molecule has 0 aliphatic heterocycles. The number of hydrogen-bond acceptors (Lipinski definition) is 3. The molecule has 0 atom stereocenters. The maximum absolute atomic E-state index is 12.3. The minimum absolute atomic E-state index is 0.129. The molecule has 3 aromatic rings. The number of amides is 1. The molecule has 0 saturated heterocycles. The molecule has 0 spiro atoms. The van der Waals surface area contributed by atoms with E-state index in [0.29, 0.717) is 18.1 Å². The van der Waals surface area contributed by atoms with Crippen molar-refractivity contribution in [1.29, 1.82) is 0 Å². The Balaban J connectivity index is 2.00. The minimum atomic E-state index is -0.129. The third kappa shape index (κ3) is 1.99. The predicted octanol–water partition coefficient (Wildman–Crippen LogP) is 2.82. The highest BCUT2D eigenvalue weighted by Crippen LogP contribution is 2.18. The van der Waals surface area contributed by atoms with Crippen molar-refractivity contribution in [3.05, 3.63) is 48.4 Å². The number of rotatable bonds is 3. The Bertz CT molecular complexity index is 667. The highest BCUT2D eigenvalue weighted by Gasteiger charge is 2.19. The average Bonchev–Trinajstić information content (AvgIpc) is 3.08. The van der Waals surface area contributed by atoms with E-state index >= 15 is 0 Å². The fourth-order valence-corrected chi connectivity index (χ4v) is 2.00. The summed E-state index contributed by atoms with van der Waals surface area (Å²) in [5.74, 6) is 0.421. The van der Waals surface area contributed by atoms with E-state index in [1.54, 1.807) is 11.0 Å². The van der Waals surface area contributed by atoms with Gasteiger partial charge in [-0.1, -0.05) is 12.1 Å². The maximum atomic E-state index is 12.3. The van der Waals surface area contributed by atoms with E-state index < -0.39 is 0 Å². The second-order valence-corrected chi connectivity index (χ2v) is 4.14. The first-order valence-corrected chi connectivity index (χ1v) is 6.08. The van der Waals surface area contributed by atoms with Crippen molar-refractivity contribution in [1.82, 2.24) is 9.97 Å². The molecule has 5 nitrogen and oxygen atoms in total. The van der Waals surface area contributed by atoms with Crippen molar-refractivity contribution in [2.24, 2.45) is 0 Å². The van der Waals surface area contributed by atoms with Crippen LogP contribution >= 0.6 is 0 Å². The normalized spacial score (nSPS) is 10.8. The molecule has 0 radical (unpaired) electrons. The maximum Gasteiger partial charge on any atom is 0.263 e. The number of fused-ring (bicyclic) bond motifs is 1. The molecule has 1 aromatic carbocycles. The van der Waals surface area contributed by atoms with Gasteiger partial charge in [-0.2, -0.15) is 0 Å². The molecular weight excluding hydrogens is 242 g/mol. The number of carbonyl (C=O) groups is 1. The summed E-state index contributed by atoms with van der Waals surface area (Å²) in [6.45, 7) is 2.44. The molecule has 96 valence electrons. The van der Waals surface area contributed by atoms with Crippen LogP contribution in [0.3, 0.4) is 0 Å². The number of para-hydroxylation sites is 2. The number of carbonyl (C=O) groups excluding carboxylic acids is 1. The molecule has 0 saturated carbocycles. The summed E-state index contributed by atoms with van der Waals surface area (Å²) in [5, 5.41) is 0. The van der Waals surface area contributed by atoms with Crippen LogP contribution in [0.2, 0.25) is 0 Å². The average molecular weight is 255 g/mol. The van der Waals surface area contributed by atoms with Gasteiger partial charge in [-0.3, -0.25) is 9.69 Å². The summed E-state index contributed by atoms with van der Waals surface area (Å²) in [4.78, 5) is 21.5. The molecule has 3 rings (SSSR count). The number of furan rings is 1. The van der Waals surface area contributed by atoms with E-state index in [1.165, 1.54) is 12.5 Å². The van der Waals surface area contributed by atoms with E-state index in [1.807, 2.05) is 31.2 Å². The van der Waals surface area contributed by atoms with Crippen LogP contribution in [0.15, 0.2) is 47.3 Å². The molecule has 1 amide bonds. The molecule has 0 fully saturated rings. The standard InChI is InChI=1S/C14H13N3O2/c1-2-17(13(18)10-7-8-19-9-10)14-15-11-5-3-4-6-12(11)16-14/h3-9H,2H2,1H3,(H,15,16). The highest BCUT2D eigenvalue weighted by molar-refractivity contribution is 6.05. The summed E-state index contributed by atoms with van der Waals surface area (Å²) in [7, 11) is 0. The van der Waals surface area contributed by atoms with Crippen molar-refractivity contribution in [2.75, 3.05) is 11.4 Å². The van der Waals surface area contributed by atoms with Crippen LogP contribution in [0.25, 0.3) is 11.0 Å². The van der Waals surface area contributed by atoms with Gasteiger partial charge in [0.1, 0.15) is 6.26 Å². The number of anilines is 1. The van der Waals surface area contributed by atoms with Crippen LogP contribution in [0.1, 0.15) is 17.3 Å². The van der Waals surface area contributed by atoms with Gasteiger partial charge >= 0.3 is 0 Å². The van der Waals surface area contributed by atoms with Crippen LogP contribution in [0.4, 0.5) is 5.95 Å². The minimum Gasteiger partial charge on any atom is -0.472 e. The van der Waals surface area contributed by atoms with Gasteiger partial charge in [0.05, 0.1) is 22.9 Å². The zero-order chi connectivity index (χ0) is 13.2. The number of nitrogens with one attached hydrogen (secondary N) is 1. The Morgan fingerprint density at radius 2 is 2.21 bits per heavy atom. The molecule has 0 bridgehead atoms. The number of imidazole rings is 1. The number of aromatic nitrogens is 2. The van der Waals surface area contributed by atoms with E-state index in [0.717, 1.165) is 11.0 Å². The summed E-state index contributed by atoms with van der Waals surface area (Å²) in [6.07, 6.45) is 2.92. The fourth-order valence-electron chi connectivity index (χ4n) is 2.00. The Kier molecular flexibility index (Phi) is 2.79. The zero-order valence-electron chi connectivity index (χ0n) is 10.5. The molecule has 5 heteroatoms. The predicted molar refractivity (Wildman–Crippen MR) is 72.2 cm³/mol. The lowest BCUT2D eigenvalue weighted by molar-refractivity contribution is 0.0986. The van der Waals surface area contributed by atoms with E-state index in [-0.39, 0.29) is 5.91 Å². The monoisotopic (exact) mass is 255 g/mol. The first-order chi connectivity index (χ1) is 9.29. The van der Waals surface area contributed by atoms with E-state index in [2.05, 4.69) is 9.97 Å². The smallest absolute Gasteiger partial charge is 0.263 e. The number of H-pyrrole nitrogens is 1. The third-order valence-electron chi connectivity index (χ3n) is 2.96. The Labute approximate surface area is 109 Å². The number of nitrogens with zero attached hydrogens (tertiary/aromatic N) is 2. The molecule has 1 N–H and O–H groups in total. The van der Waals surface area contributed by atoms with Crippen LogP contribution in [0.5, 0.6) is 0 Å². The SMILES string of the molecule is CCN(C(=O)c1ccoc1)c1nc2ccccc2[nH]1. The Morgan fingerprint density at radius 1 is 1.37 bits per heavy atom. The molecule has 2 aromatic heterocycles. The molecular formula is C14H13N3O2. The van der Waals surface area contributed by atoms with Gasteiger partial charge in [-0.05, 0) is 25.1 Å². The molecule has 0 unspecified atom stereocenters. The summed E-state index contributed by atoms with van der Waals surface area (Å²) in [6, 6.07) is 9.33. The summed E-state index contributed by atoms with van der Waals surface area (Å²) >= 11 is 0. The van der Waals surface area contributed by atoms with Crippen molar-refractivity contribution in [3.8, 4) is 0 Å². The van der Waals surface area contributed by atoms with Crippen LogP contribution in [-0.2, 0) is 0 Å². The fraction of sp³-hybridized carbons (Fsp3) is 0.143. The number of hydrogen-bond donors (Lipinski definition) is 1. The lowest BCUT2D eigenvalue weighted by atomic mass is 10.3. The topological polar surface area (TPSA) is 62.1 Å². The molecule has 0 aliphatic rings. The van der Waals surface area contributed by atoms with Crippen LogP contribution < -0.4 is 4.90 Å². The number of benzene rings is 1. The quantitative estimate of drug-likeness (QED) is 0.782. The van der Waals surface area contributed by atoms with Gasteiger partial charge in [0.25, 0.3) is 5.91 Å². The van der Waals surface area contributed by atoms with Crippen LogP contribution in [-0.4, -0.2) is 22.4 Å². The van der Waals surface area contributed by atoms with Crippen molar-refractivity contribution in [2.45, 2.75) is 6.92 Å². The number of aromatic amines is 1. The van der Waals surface area contributed by atoms with Gasteiger partial charge < -0.3 is 9.40 Å². The molecule has 0 aliphatic carbocycles. The summed E-state index contributed by atoms with van der Waals surface area (Å²) < 4.78 is 4.95. The summed E-state index contributed by atoms with van der Waals surface area (Å²) in [5.41, 5.74) is 2.27. The van der Waals surface area contributed by atoms with Crippen LogP contribution in [0, 0.1) is 0 Å². The largest absolute Gasteiger partial charge is 0.472 e. The van der Waals surface area contributed by atoms with Crippen molar-refractivity contribution >= 4 is 22.9 Å². The Morgan fingerprint density at radius 3 is 2.89 bits per heavy atom. The van der Waals surface area contributed by atoms with E-state index in [4.69, 9.17) is 4.42 Å². The van der Waals surface area contributed by atoms with Gasteiger partial charge in [0.2, 0.25) is 5.95 Å². The van der Waals surface area contributed by atoms with Gasteiger partial charge in [0.15, 0.2) is 0 Å². The van der Waals surface area contributed by atoms with Gasteiger partial charge in [0, 0.05) is 6.54 Å². The third-order valence-corrected chi connectivity index (χ3v) is 2.96. The first kappa shape index (κ1) is 11.5. The van der Waals surface area contributed by atoms with Gasteiger partial charge in [-0.25, -0.2) is 4.98 Å². The van der Waals surface area contributed by atoms with Crippen molar-refractivity contribution < 1.29 is 9.21 Å².